The summed E-state index contributed by atoms with van der Waals surface area (Å²) in [5.74, 6) is -2.39. The molecule has 0 aliphatic rings. The fourth-order valence-electron chi connectivity index (χ4n) is 3.87. The topological polar surface area (TPSA) is 110 Å². The van der Waals surface area contributed by atoms with Crippen LogP contribution in [-0.4, -0.2) is 23.0 Å². The molecule has 2 N–H and O–H groups in total. The number of fused-ring (bicyclic) bond motifs is 2. The van der Waals surface area contributed by atoms with Gasteiger partial charge in [-0.05, 0) is 42.2 Å². The Kier molecular flexibility index (Phi) is 5.76. The molecule has 2 aromatic heterocycles. The number of benzene rings is 2. The van der Waals surface area contributed by atoms with Crippen LogP contribution in [0.25, 0.3) is 33.1 Å². The number of nitrogens with one attached hydrogen (secondary N) is 1. The first-order valence-electron chi connectivity index (χ1n) is 10.4. The van der Waals surface area contributed by atoms with E-state index in [1.165, 1.54) is 12.1 Å². The van der Waals surface area contributed by atoms with Crippen molar-refractivity contribution in [3.05, 3.63) is 70.0 Å². The monoisotopic (exact) mass is 451 g/mol. The summed E-state index contributed by atoms with van der Waals surface area (Å²) in [6, 6.07) is 8.36. The molecule has 0 aliphatic heterocycles. The SMILES string of the molecule is Cc1c(CC(=O)N[C@@H](C(=O)O)C(C)C)c(=O)oc2cc3occ(-c4ccc(F)cc4)c3cc12. The highest BCUT2D eigenvalue weighted by Crippen LogP contribution is 2.34. The van der Waals surface area contributed by atoms with Gasteiger partial charge in [0.2, 0.25) is 5.91 Å². The van der Waals surface area contributed by atoms with Crippen LogP contribution in [0.15, 0.2) is 56.3 Å². The number of halogens is 1. The molecule has 4 rings (SSSR count). The minimum absolute atomic E-state index is 0.152. The van der Waals surface area contributed by atoms with Crippen molar-refractivity contribution in [1.82, 2.24) is 5.32 Å². The van der Waals surface area contributed by atoms with Crippen LogP contribution in [0.3, 0.4) is 0 Å². The Hall–Kier alpha value is -3.94. The summed E-state index contributed by atoms with van der Waals surface area (Å²) in [7, 11) is 0. The molecule has 0 saturated heterocycles. The summed E-state index contributed by atoms with van der Waals surface area (Å²) in [6.45, 7) is 5.08. The first-order valence-corrected chi connectivity index (χ1v) is 10.4. The zero-order chi connectivity index (χ0) is 23.9. The number of carbonyl (C=O) groups is 2. The Balaban J connectivity index is 1.76. The molecule has 0 saturated carbocycles. The van der Waals surface area contributed by atoms with E-state index >= 15 is 0 Å². The number of carboxylic acid groups (broad SMARTS) is 1. The van der Waals surface area contributed by atoms with Gasteiger partial charge in [0.15, 0.2) is 0 Å². The van der Waals surface area contributed by atoms with E-state index in [2.05, 4.69) is 5.32 Å². The lowest BCUT2D eigenvalue weighted by atomic mass is 9.99. The maximum Gasteiger partial charge on any atom is 0.340 e. The minimum Gasteiger partial charge on any atom is -0.480 e. The van der Waals surface area contributed by atoms with E-state index in [-0.39, 0.29) is 23.7 Å². The molecule has 2 aromatic carbocycles. The van der Waals surface area contributed by atoms with E-state index in [9.17, 15) is 23.9 Å². The molecule has 2 heterocycles. The van der Waals surface area contributed by atoms with E-state index in [4.69, 9.17) is 8.83 Å². The third-order valence-electron chi connectivity index (χ3n) is 5.72. The van der Waals surface area contributed by atoms with Gasteiger partial charge in [0.05, 0.1) is 18.2 Å². The van der Waals surface area contributed by atoms with Crippen molar-refractivity contribution in [1.29, 1.82) is 0 Å². The second-order valence-electron chi connectivity index (χ2n) is 8.30. The Bertz CT molecular complexity index is 1430. The predicted octanol–water partition coefficient (Wildman–Crippen LogP) is 4.42. The molecule has 0 bridgehead atoms. The fraction of sp³-hybridized carbons (Fsp3) is 0.240. The Morgan fingerprint density at radius 1 is 1.09 bits per heavy atom. The van der Waals surface area contributed by atoms with Crippen LogP contribution < -0.4 is 10.9 Å². The van der Waals surface area contributed by atoms with E-state index in [1.54, 1.807) is 51.3 Å². The van der Waals surface area contributed by atoms with Crippen LogP contribution in [0.2, 0.25) is 0 Å². The highest BCUT2D eigenvalue weighted by molar-refractivity contribution is 6.02. The normalized spacial score (nSPS) is 12.4. The molecule has 1 atom stereocenters. The smallest absolute Gasteiger partial charge is 0.340 e. The maximum atomic E-state index is 13.3. The van der Waals surface area contributed by atoms with E-state index in [0.717, 1.165) is 16.5 Å². The quantitative estimate of drug-likeness (QED) is 0.420. The predicted molar refractivity (Wildman–Crippen MR) is 120 cm³/mol. The van der Waals surface area contributed by atoms with Crippen LogP contribution >= 0.6 is 0 Å². The third-order valence-corrected chi connectivity index (χ3v) is 5.72. The van der Waals surface area contributed by atoms with Gasteiger partial charge < -0.3 is 19.3 Å². The summed E-state index contributed by atoms with van der Waals surface area (Å²) in [5.41, 5.74) is 2.35. The van der Waals surface area contributed by atoms with Crippen molar-refractivity contribution in [3.8, 4) is 11.1 Å². The number of carbonyl (C=O) groups excluding carboxylic acids is 1. The average molecular weight is 451 g/mol. The molecule has 0 unspecified atom stereocenters. The average Bonchev–Trinajstić information content (AvgIpc) is 3.16. The first-order chi connectivity index (χ1) is 15.7. The number of hydrogen-bond donors (Lipinski definition) is 2. The Morgan fingerprint density at radius 3 is 2.42 bits per heavy atom. The largest absolute Gasteiger partial charge is 0.480 e. The molecule has 1 amide bonds. The molecule has 0 spiro atoms. The Morgan fingerprint density at radius 2 is 1.79 bits per heavy atom. The molecule has 8 heteroatoms. The van der Waals surface area contributed by atoms with Gasteiger partial charge in [0.25, 0.3) is 0 Å². The maximum absolute atomic E-state index is 13.3. The lowest BCUT2D eigenvalue weighted by Gasteiger charge is -2.18. The summed E-state index contributed by atoms with van der Waals surface area (Å²) in [5, 5.41) is 13.1. The van der Waals surface area contributed by atoms with Crippen molar-refractivity contribution in [3.63, 3.8) is 0 Å². The first kappa shape index (κ1) is 22.3. The molecule has 7 nitrogen and oxygen atoms in total. The molecular weight excluding hydrogens is 429 g/mol. The lowest BCUT2D eigenvalue weighted by molar-refractivity contribution is -0.143. The van der Waals surface area contributed by atoms with Crippen molar-refractivity contribution < 1.29 is 27.9 Å². The van der Waals surface area contributed by atoms with Crippen molar-refractivity contribution in [2.75, 3.05) is 0 Å². The number of amides is 1. The van der Waals surface area contributed by atoms with Gasteiger partial charge in [0, 0.05) is 22.4 Å². The van der Waals surface area contributed by atoms with E-state index in [1.807, 2.05) is 0 Å². The molecular formula is C25H22FNO6. The lowest BCUT2D eigenvalue weighted by Crippen LogP contribution is -2.45. The third kappa shape index (κ3) is 4.24. The number of carboxylic acids is 1. The van der Waals surface area contributed by atoms with E-state index < -0.39 is 23.5 Å². The number of aryl methyl sites for hydroxylation is 1. The second-order valence-corrected chi connectivity index (χ2v) is 8.30. The van der Waals surface area contributed by atoms with Gasteiger partial charge in [-0.1, -0.05) is 26.0 Å². The zero-order valence-electron chi connectivity index (χ0n) is 18.3. The highest BCUT2D eigenvalue weighted by atomic mass is 19.1. The molecule has 170 valence electrons. The summed E-state index contributed by atoms with van der Waals surface area (Å²) in [6.07, 6.45) is 1.24. The summed E-state index contributed by atoms with van der Waals surface area (Å²) >= 11 is 0. The van der Waals surface area contributed by atoms with Gasteiger partial charge in [-0.25, -0.2) is 14.0 Å². The molecule has 0 aliphatic carbocycles. The van der Waals surface area contributed by atoms with Crippen molar-refractivity contribution >= 4 is 33.8 Å². The second kappa shape index (κ2) is 8.54. The number of furan rings is 1. The Labute approximate surface area is 187 Å². The van der Waals surface area contributed by atoms with Crippen LogP contribution in [0.5, 0.6) is 0 Å². The number of hydrogen-bond acceptors (Lipinski definition) is 5. The molecule has 0 fully saturated rings. The van der Waals surface area contributed by atoms with Crippen LogP contribution in [0, 0.1) is 18.7 Å². The standard InChI is InChI=1S/C25H22FNO6/c1-12(2)23(24(29)30)27-22(28)9-17-13(3)16-8-18-19(14-4-6-15(26)7-5-14)11-32-20(18)10-21(16)33-25(17)31/h4-8,10-12,23H,9H2,1-3H3,(H,27,28)(H,29,30)/t23-/m1/s1. The molecule has 4 aromatic rings. The van der Waals surface area contributed by atoms with Gasteiger partial charge in [-0.15, -0.1) is 0 Å². The summed E-state index contributed by atoms with van der Waals surface area (Å²) < 4.78 is 24.4. The van der Waals surface area contributed by atoms with Gasteiger partial charge in [-0.3, -0.25) is 4.79 Å². The molecule has 33 heavy (non-hydrogen) atoms. The van der Waals surface area contributed by atoms with Crippen molar-refractivity contribution in [2.24, 2.45) is 5.92 Å². The van der Waals surface area contributed by atoms with Gasteiger partial charge >= 0.3 is 11.6 Å². The minimum atomic E-state index is -1.14. The van der Waals surface area contributed by atoms with Crippen LogP contribution in [-0.2, 0) is 16.0 Å². The van der Waals surface area contributed by atoms with Gasteiger partial charge in [-0.2, -0.15) is 0 Å². The highest BCUT2D eigenvalue weighted by Gasteiger charge is 2.25. The van der Waals surface area contributed by atoms with E-state index in [0.29, 0.717) is 22.1 Å². The molecule has 0 radical (unpaired) electrons. The summed E-state index contributed by atoms with van der Waals surface area (Å²) in [4.78, 5) is 36.5. The number of rotatable bonds is 6. The van der Waals surface area contributed by atoms with Crippen LogP contribution in [0.4, 0.5) is 4.39 Å². The van der Waals surface area contributed by atoms with Crippen molar-refractivity contribution in [2.45, 2.75) is 33.2 Å². The van der Waals surface area contributed by atoms with Gasteiger partial charge in [0.1, 0.15) is 23.0 Å². The number of aliphatic carboxylic acids is 1. The fourth-order valence-corrected chi connectivity index (χ4v) is 3.87. The zero-order valence-corrected chi connectivity index (χ0v) is 18.3. The van der Waals surface area contributed by atoms with Crippen LogP contribution in [0.1, 0.15) is 25.0 Å².